The van der Waals surface area contributed by atoms with Gasteiger partial charge < -0.3 is 9.84 Å². The van der Waals surface area contributed by atoms with E-state index in [-0.39, 0.29) is 0 Å². The maximum absolute atomic E-state index is 12.3. The van der Waals surface area contributed by atoms with E-state index < -0.39 is 11.7 Å². The Hall–Kier alpha value is -3.08. The Balaban J connectivity index is 1.72. The Labute approximate surface area is 133 Å². The summed E-state index contributed by atoms with van der Waals surface area (Å²) < 4.78 is 5.99. The lowest BCUT2D eigenvalue weighted by molar-refractivity contribution is 0.208. The smallest absolute Gasteiger partial charge is 0.335 e. The Kier molecular flexibility index (Phi) is 4.38. The van der Waals surface area contributed by atoms with Gasteiger partial charge in [-0.2, -0.15) is 0 Å². The van der Waals surface area contributed by atoms with Gasteiger partial charge in [0, 0.05) is 12.1 Å². The second-order valence-electron chi connectivity index (χ2n) is 5.07. The highest BCUT2D eigenvalue weighted by Gasteiger charge is 2.15. The third-order valence-electron chi connectivity index (χ3n) is 3.44. The molecule has 2 aromatic carbocycles. The van der Waals surface area contributed by atoms with Gasteiger partial charge >= 0.3 is 11.7 Å². The SMILES string of the molecule is O=C(NCCc1ccccc1)n1oc(=O)cc1-c1ccccc1. The molecule has 1 N–H and O–H groups in total. The summed E-state index contributed by atoms with van der Waals surface area (Å²) in [5.41, 5.74) is 1.76. The van der Waals surface area contributed by atoms with Crippen LogP contribution in [0.2, 0.25) is 0 Å². The standard InChI is InChI=1S/C18H16N2O3/c21-17-13-16(15-9-5-2-6-10-15)20(23-17)18(22)19-12-11-14-7-3-1-4-8-14/h1-10,13H,11-12H2,(H,19,22). The first-order valence-corrected chi connectivity index (χ1v) is 7.35. The van der Waals surface area contributed by atoms with Gasteiger partial charge in [-0.3, -0.25) is 0 Å². The van der Waals surface area contributed by atoms with Gasteiger partial charge in [-0.1, -0.05) is 60.7 Å². The number of hydrogen-bond acceptors (Lipinski definition) is 3. The predicted molar refractivity (Wildman–Crippen MR) is 87.3 cm³/mol. The molecule has 116 valence electrons. The first-order chi connectivity index (χ1) is 11.2. The molecule has 5 nitrogen and oxygen atoms in total. The van der Waals surface area contributed by atoms with E-state index in [1.54, 1.807) is 0 Å². The van der Waals surface area contributed by atoms with Crippen molar-refractivity contribution in [3.05, 3.63) is 82.7 Å². The van der Waals surface area contributed by atoms with E-state index >= 15 is 0 Å². The minimum atomic E-state index is -0.554. The van der Waals surface area contributed by atoms with Crippen LogP contribution in [0.15, 0.2) is 76.0 Å². The molecule has 0 aliphatic heterocycles. The lowest BCUT2D eigenvalue weighted by Crippen LogP contribution is -2.30. The van der Waals surface area contributed by atoms with Crippen LogP contribution in [0.3, 0.4) is 0 Å². The first-order valence-electron chi connectivity index (χ1n) is 7.35. The molecule has 0 bridgehead atoms. The molecule has 1 heterocycles. The van der Waals surface area contributed by atoms with Crippen molar-refractivity contribution < 1.29 is 9.32 Å². The highest BCUT2D eigenvalue weighted by Crippen LogP contribution is 2.17. The molecular weight excluding hydrogens is 292 g/mol. The normalized spacial score (nSPS) is 10.4. The van der Waals surface area contributed by atoms with Crippen LogP contribution in [-0.4, -0.2) is 17.3 Å². The van der Waals surface area contributed by atoms with Crippen molar-refractivity contribution in [2.24, 2.45) is 0 Å². The molecule has 3 rings (SSSR count). The second-order valence-corrected chi connectivity index (χ2v) is 5.07. The Morgan fingerprint density at radius 1 is 1.00 bits per heavy atom. The fourth-order valence-corrected chi connectivity index (χ4v) is 2.33. The number of amides is 1. The van der Waals surface area contributed by atoms with Gasteiger partial charge in [0.1, 0.15) is 5.69 Å². The van der Waals surface area contributed by atoms with Gasteiger partial charge in [-0.25, -0.2) is 9.59 Å². The highest BCUT2D eigenvalue weighted by atomic mass is 16.5. The molecule has 23 heavy (non-hydrogen) atoms. The van der Waals surface area contributed by atoms with Crippen LogP contribution in [0.5, 0.6) is 0 Å². The highest BCUT2D eigenvalue weighted by molar-refractivity contribution is 5.80. The van der Waals surface area contributed by atoms with Crippen molar-refractivity contribution in [3.63, 3.8) is 0 Å². The Morgan fingerprint density at radius 2 is 1.65 bits per heavy atom. The molecule has 0 saturated carbocycles. The topological polar surface area (TPSA) is 64.2 Å². The summed E-state index contributed by atoms with van der Waals surface area (Å²) in [5, 5.41) is 2.76. The van der Waals surface area contributed by atoms with Crippen molar-refractivity contribution in [3.8, 4) is 11.3 Å². The van der Waals surface area contributed by atoms with Crippen LogP contribution in [0, 0.1) is 0 Å². The summed E-state index contributed by atoms with van der Waals surface area (Å²) in [4.78, 5) is 23.8. The zero-order chi connectivity index (χ0) is 16.1. The summed E-state index contributed by atoms with van der Waals surface area (Å²) in [6.07, 6.45) is 0.707. The Bertz CT molecular complexity index is 835. The van der Waals surface area contributed by atoms with Crippen LogP contribution in [0.1, 0.15) is 5.56 Å². The van der Waals surface area contributed by atoms with Crippen molar-refractivity contribution in [2.75, 3.05) is 6.54 Å². The number of hydrogen-bond donors (Lipinski definition) is 1. The maximum Gasteiger partial charge on any atom is 0.358 e. The quantitative estimate of drug-likeness (QED) is 0.806. The summed E-state index contributed by atoms with van der Waals surface area (Å²) in [7, 11) is 0. The van der Waals surface area contributed by atoms with Gasteiger partial charge in [0.05, 0.1) is 6.07 Å². The largest absolute Gasteiger partial charge is 0.358 e. The number of carbonyl (C=O) groups is 1. The molecule has 1 aromatic heterocycles. The summed E-state index contributed by atoms with van der Waals surface area (Å²) >= 11 is 0. The molecular formula is C18H16N2O3. The van der Waals surface area contributed by atoms with E-state index in [1.165, 1.54) is 6.07 Å². The fraction of sp³-hybridized carbons (Fsp3) is 0.111. The number of rotatable bonds is 4. The van der Waals surface area contributed by atoms with Gasteiger partial charge in [-0.05, 0) is 12.0 Å². The van der Waals surface area contributed by atoms with E-state index in [4.69, 9.17) is 4.52 Å². The summed E-state index contributed by atoms with van der Waals surface area (Å²) in [6.45, 7) is 0.457. The molecule has 3 aromatic rings. The van der Waals surface area contributed by atoms with Crippen LogP contribution in [-0.2, 0) is 6.42 Å². The summed E-state index contributed by atoms with van der Waals surface area (Å²) in [6, 6.07) is 19.9. The van der Waals surface area contributed by atoms with Gasteiger partial charge in [-0.15, -0.1) is 4.74 Å². The summed E-state index contributed by atoms with van der Waals surface area (Å²) in [5.74, 6) is 0. The van der Waals surface area contributed by atoms with E-state index in [9.17, 15) is 9.59 Å². The average molecular weight is 308 g/mol. The first kappa shape index (κ1) is 14.8. The molecule has 0 unspecified atom stereocenters. The minimum absolute atomic E-state index is 0.438. The molecule has 0 radical (unpaired) electrons. The number of aromatic nitrogens is 1. The van der Waals surface area contributed by atoms with Crippen LogP contribution < -0.4 is 10.9 Å². The lowest BCUT2D eigenvalue weighted by atomic mass is 10.1. The van der Waals surface area contributed by atoms with Crippen molar-refractivity contribution >= 4 is 6.03 Å². The molecule has 0 atom stereocenters. The van der Waals surface area contributed by atoms with Crippen molar-refractivity contribution in [2.45, 2.75) is 6.42 Å². The molecule has 0 spiro atoms. The zero-order valence-corrected chi connectivity index (χ0v) is 12.4. The van der Waals surface area contributed by atoms with E-state index in [0.29, 0.717) is 18.7 Å². The molecule has 0 aliphatic carbocycles. The number of benzene rings is 2. The van der Waals surface area contributed by atoms with Gasteiger partial charge in [0.25, 0.3) is 0 Å². The molecule has 0 aliphatic rings. The van der Waals surface area contributed by atoms with E-state index in [0.717, 1.165) is 15.9 Å². The monoisotopic (exact) mass is 308 g/mol. The van der Waals surface area contributed by atoms with E-state index in [2.05, 4.69) is 5.32 Å². The van der Waals surface area contributed by atoms with Crippen LogP contribution in [0.4, 0.5) is 4.79 Å². The maximum atomic E-state index is 12.3. The molecule has 0 saturated heterocycles. The fourth-order valence-electron chi connectivity index (χ4n) is 2.33. The third kappa shape index (κ3) is 3.58. The third-order valence-corrected chi connectivity index (χ3v) is 3.44. The average Bonchev–Trinajstić information content (AvgIpc) is 2.98. The van der Waals surface area contributed by atoms with Crippen molar-refractivity contribution in [1.82, 2.24) is 10.1 Å². The van der Waals surface area contributed by atoms with Gasteiger partial charge in [0.2, 0.25) is 0 Å². The predicted octanol–water partition coefficient (Wildman–Crippen LogP) is 2.91. The van der Waals surface area contributed by atoms with Gasteiger partial charge in [0.15, 0.2) is 0 Å². The van der Waals surface area contributed by atoms with Crippen LogP contribution in [0.25, 0.3) is 11.3 Å². The van der Waals surface area contributed by atoms with Crippen LogP contribution >= 0.6 is 0 Å². The minimum Gasteiger partial charge on any atom is -0.335 e. The molecule has 5 heteroatoms. The van der Waals surface area contributed by atoms with Crippen molar-refractivity contribution in [1.29, 1.82) is 0 Å². The van der Waals surface area contributed by atoms with E-state index in [1.807, 2.05) is 60.7 Å². The number of nitrogens with one attached hydrogen (secondary N) is 1. The number of carbonyl (C=O) groups excluding carboxylic acids is 1. The molecule has 0 fully saturated rings. The second kappa shape index (κ2) is 6.79. The molecule has 1 amide bonds. The zero-order valence-electron chi connectivity index (χ0n) is 12.4. The Morgan fingerprint density at radius 3 is 2.35 bits per heavy atom. The number of nitrogens with zero attached hydrogens (tertiary/aromatic N) is 1. The lowest BCUT2D eigenvalue weighted by Gasteiger charge is -2.07.